The molecule has 0 radical (unpaired) electrons. The second kappa shape index (κ2) is 7.57. The maximum absolute atomic E-state index is 13.2. The Hall–Kier alpha value is -2.37. The van der Waals surface area contributed by atoms with E-state index in [1.807, 2.05) is 41.3 Å². The number of amides is 1. The van der Waals surface area contributed by atoms with Crippen molar-refractivity contribution in [1.29, 1.82) is 0 Å². The predicted octanol–water partition coefficient (Wildman–Crippen LogP) is 2.98. The SMILES string of the molecule is CN1CCC[C@]2(CO)CCN(C(=O)c3cccc(-c4ccc(O)cc4)c3)C[C@@H]12. The van der Waals surface area contributed by atoms with Crippen LogP contribution in [0, 0.1) is 5.41 Å². The average Bonchev–Trinajstić information content (AvgIpc) is 2.74. The fourth-order valence-corrected chi connectivity index (χ4v) is 4.87. The lowest BCUT2D eigenvalue weighted by atomic mass is 9.69. The smallest absolute Gasteiger partial charge is 0.253 e. The summed E-state index contributed by atoms with van der Waals surface area (Å²) in [6, 6.07) is 14.9. The summed E-state index contributed by atoms with van der Waals surface area (Å²) < 4.78 is 0. The van der Waals surface area contributed by atoms with Gasteiger partial charge in [-0.3, -0.25) is 4.79 Å². The summed E-state index contributed by atoms with van der Waals surface area (Å²) in [7, 11) is 2.10. The van der Waals surface area contributed by atoms with Crippen molar-refractivity contribution in [3.63, 3.8) is 0 Å². The highest BCUT2D eigenvalue weighted by molar-refractivity contribution is 5.95. The number of aromatic hydroxyl groups is 1. The van der Waals surface area contributed by atoms with E-state index in [0.29, 0.717) is 18.7 Å². The largest absolute Gasteiger partial charge is 0.508 e. The van der Waals surface area contributed by atoms with Crippen molar-refractivity contribution in [2.75, 3.05) is 33.3 Å². The number of rotatable bonds is 3. The zero-order valence-electron chi connectivity index (χ0n) is 16.3. The Morgan fingerprint density at radius 3 is 2.64 bits per heavy atom. The lowest BCUT2D eigenvalue weighted by molar-refractivity contribution is -0.0601. The third kappa shape index (κ3) is 3.40. The molecule has 2 aromatic carbocycles. The maximum Gasteiger partial charge on any atom is 0.253 e. The average molecular weight is 380 g/mol. The number of benzene rings is 2. The molecule has 1 amide bonds. The fourth-order valence-electron chi connectivity index (χ4n) is 4.87. The number of phenols is 1. The van der Waals surface area contributed by atoms with Crippen LogP contribution < -0.4 is 0 Å². The van der Waals surface area contributed by atoms with Crippen LogP contribution in [0.3, 0.4) is 0 Å². The number of hydrogen-bond acceptors (Lipinski definition) is 4. The first-order valence-electron chi connectivity index (χ1n) is 10.0. The number of phenolic OH excluding ortho intramolecular Hbond substituents is 1. The van der Waals surface area contributed by atoms with E-state index in [1.54, 1.807) is 12.1 Å². The molecular weight excluding hydrogens is 352 g/mol. The maximum atomic E-state index is 13.2. The van der Waals surface area contributed by atoms with Gasteiger partial charge in [-0.2, -0.15) is 0 Å². The van der Waals surface area contributed by atoms with Gasteiger partial charge in [-0.1, -0.05) is 24.3 Å². The lowest BCUT2D eigenvalue weighted by Crippen LogP contribution is -2.62. The monoisotopic (exact) mass is 380 g/mol. The van der Waals surface area contributed by atoms with Gasteiger partial charge in [-0.15, -0.1) is 0 Å². The molecule has 0 unspecified atom stereocenters. The van der Waals surface area contributed by atoms with Gasteiger partial charge in [0.25, 0.3) is 5.91 Å². The molecule has 0 bridgehead atoms. The topological polar surface area (TPSA) is 64.0 Å². The molecule has 28 heavy (non-hydrogen) atoms. The van der Waals surface area contributed by atoms with E-state index in [1.165, 1.54) is 0 Å². The molecule has 2 saturated heterocycles. The summed E-state index contributed by atoms with van der Waals surface area (Å²) in [4.78, 5) is 17.5. The number of piperidine rings is 2. The van der Waals surface area contributed by atoms with Crippen LogP contribution in [0.5, 0.6) is 5.75 Å². The van der Waals surface area contributed by atoms with Crippen LogP contribution in [-0.2, 0) is 0 Å². The molecule has 2 fully saturated rings. The Bertz CT molecular complexity index is 851. The quantitative estimate of drug-likeness (QED) is 0.859. The van der Waals surface area contributed by atoms with Gasteiger partial charge in [0, 0.05) is 30.1 Å². The number of aliphatic hydroxyl groups is 1. The summed E-state index contributed by atoms with van der Waals surface area (Å²) in [5.41, 5.74) is 2.54. The summed E-state index contributed by atoms with van der Waals surface area (Å²) in [6.45, 7) is 2.57. The number of carbonyl (C=O) groups is 1. The van der Waals surface area contributed by atoms with Gasteiger partial charge >= 0.3 is 0 Å². The lowest BCUT2D eigenvalue weighted by Gasteiger charge is -2.53. The van der Waals surface area contributed by atoms with Crippen LogP contribution in [0.4, 0.5) is 0 Å². The highest BCUT2D eigenvalue weighted by Gasteiger charge is 2.47. The van der Waals surface area contributed by atoms with Gasteiger partial charge in [0.2, 0.25) is 0 Å². The minimum atomic E-state index is -0.0718. The molecule has 0 saturated carbocycles. The Balaban J connectivity index is 1.55. The molecule has 2 atom stereocenters. The molecule has 5 nitrogen and oxygen atoms in total. The Labute approximate surface area is 166 Å². The van der Waals surface area contributed by atoms with Crippen LogP contribution in [0.1, 0.15) is 29.6 Å². The van der Waals surface area contributed by atoms with E-state index in [0.717, 1.165) is 36.9 Å². The van der Waals surface area contributed by atoms with E-state index >= 15 is 0 Å². The standard InChI is InChI=1S/C23H28N2O3/c1-24-12-3-10-23(16-26)11-13-25(15-21(23)24)22(28)19-5-2-4-18(14-19)17-6-8-20(27)9-7-17/h2,4-9,14,21,26-27H,3,10-13,15-16H2,1H3/t21-,23-/m1/s1. The summed E-state index contributed by atoms with van der Waals surface area (Å²) in [5.74, 6) is 0.277. The van der Waals surface area contributed by atoms with E-state index in [9.17, 15) is 15.0 Å². The molecule has 4 rings (SSSR count). The van der Waals surface area contributed by atoms with E-state index in [-0.39, 0.29) is 29.7 Å². The van der Waals surface area contributed by atoms with Gasteiger partial charge in [-0.05, 0) is 68.2 Å². The van der Waals surface area contributed by atoms with Gasteiger partial charge in [0.05, 0.1) is 6.61 Å². The third-order valence-electron chi connectivity index (χ3n) is 6.61. The highest BCUT2D eigenvalue weighted by atomic mass is 16.3. The number of carbonyl (C=O) groups excluding carboxylic acids is 1. The second-order valence-corrected chi connectivity index (χ2v) is 8.25. The van der Waals surface area contributed by atoms with Crippen LogP contribution in [-0.4, -0.2) is 65.3 Å². The number of nitrogens with zero attached hydrogens (tertiary/aromatic N) is 2. The van der Waals surface area contributed by atoms with Gasteiger partial charge in [-0.25, -0.2) is 0 Å². The normalized spacial score (nSPS) is 25.4. The minimum absolute atomic E-state index is 0.0474. The van der Waals surface area contributed by atoms with Crippen LogP contribution in [0.25, 0.3) is 11.1 Å². The zero-order valence-corrected chi connectivity index (χ0v) is 16.3. The van der Waals surface area contributed by atoms with Crippen LogP contribution >= 0.6 is 0 Å². The molecule has 2 aliphatic heterocycles. The number of likely N-dealkylation sites (tertiary alicyclic amines) is 2. The molecule has 2 aromatic rings. The van der Waals surface area contributed by atoms with Gasteiger partial charge in [0.15, 0.2) is 0 Å². The number of fused-ring (bicyclic) bond motifs is 1. The molecule has 0 aliphatic carbocycles. The van der Waals surface area contributed by atoms with Crippen LogP contribution in [0.2, 0.25) is 0 Å². The number of aliphatic hydroxyl groups excluding tert-OH is 1. The molecule has 2 N–H and O–H groups in total. The number of likely N-dealkylation sites (N-methyl/N-ethyl adjacent to an activating group) is 1. The van der Waals surface area contributed by atoms with Crippen LogP contribution in [0.15, 0.2) is 48.5 Å². The highest BCUT2D eigenvalue weighted by Crippen LogP contribution is 2.41. The first-order chi connectivity index (χ1) is 13.5. The van der Waals surface area contributed by atoms with Gasteiger partial charge in [0.1, 0.15) is 5.75 Å². The Morgan fingerprint density at radius 1 is 1.11 bits per heavy atom. The van der Waals surface area contributed by atoms with Crippen molar-refractivity contribution in [3.8, 4) is 16.9 Å². The first kappa shape index (κ1) is 19.0. The summed E-state index contributed by atoms with van der Waals surface area (Å²) >= 11 is 0. The summed E-state index contributed by atoms with van der Waals surface area (Å²) in [5, 5.41) is 19.6. The van der Waals surface area contributed by atoms with Gasteiger partial charge < -0.3 is 20.0 Å². The fraction of sp³-hybridized carbons (Fsp3) is 0.435. The molecule has 5 heteroatoms. The van der Waals surface area contributed by atoms with Crippen molar-refractivity contribution < 1.29 is 15.0 Å². The molecule has 2 heterocycles. The van der Waals surface area contributed by atoms with Crippen molar-refractivity contribution in [2.45, 2.75) is 25.3 Å². The minimum Gasteiger partial charge on any atom is -0.508 e. The van der Waals surface area contributed by atoms with Crippen molar-refractivity contribution >= 4 is 5.91 Å². The van der Waals surface area contributed by atoms with E-state index in [4.69, 9.17) is 0 Å². The molecule has 0 aromatic heterocycles. The first-order valence-corrected chi connectivity index (χ1v) is 10.0. The third-order valence-corrected chi connectivity index (χ3v) is 6.61. The molecular formula is C23H28N2O3. The van der Waals surface area contributed by atoms with Crippen molar-refractivity contribution in [3.05, 3.63) is 54.1 Å². The second-order valence-electron chi connectivity index (χ2n) is 8.25. The predicted molar refractivity (Wildman–Crippen MR) is 109 cm³/mol. The molecule has 0 spiro atoms. The van der Waals surface area contributed by atoms with E-state index in [2.05, 4.69) is 11.9 Å². The zero-order chi connectivity index (χ0) is 19.7. The molecule has 148 valence electrons. The Morgan fingerprint density at radius 2 is 1.89 bits per heavy atom. The van der Waals surface area contributed by atoms with E-state index < -0.39 is 0 Å². The summed E-state index contributed by atoms with van der Waals surface area (Å²) in [6.07, 6.45) is 2.99. The van der Waals surface area contributed by atoms with Crippen molar-refractivity contribution in [2.24, 2.45) is 5.41 Å². The Kier molecular flexibility index (Phi) is 5.13. The van der Waals surface area contributed by atoms with Crippen molar-refractivity contribution in [1.82, 2.24) is 9.80 Å². The number of hydrogen-bond donors (Lipinski definition) is 2. The molecule has 2 aliphatic rings.